The minimum atomic E-state index is -0.0733. The van der Waals surface area contributed by atoms with Crippen LogP contribution in [0.15, 0.2) is 42.7 Å². The molecule has 6 heteroatoms. The molecule has 1 spiro atoms. The quantitative estimate of drug-likeness (QED) is 0.822. The van der Waals surface area contributed by atoms with Gasteiger partial charge in [-0.05, 0) is 37.2 Å². The number of carbonyl (C=O) groups is 2. The molecule has 1 atom stereocenters. The zero-order chi connectivity index (χ0) is 19.7. The molecule has 2 saturated heterocycles. The topological polar surface area (TPSA) is 58.4 Å². The second-order valence-electron chi connectivity index (χ2n) is 8.34. The summed E-state index contributed by atoms with van der Waals surface area (Å²) in [5.74, 6) is 1.15. The van der Waals surface area contributed by atoms with Crippen molar-refractivity contribution in [3.8, 4) is 0 Å². The highest BCUT2D eigenvalue weighted by atomic mass is 16.2. The van der Waals surface area contributed by atoms with Crippen LogP contribution in [-0.4, -0.2) is 57.8 Å². The van der Waals surface area contributed by atoms with Gasteiger partial charge in [0.1, 0.15) is 12.4 Å². The molecule has 2 aromatic rings. The fourth-order valence-electron chi connectivity index (χ4n) is 4.79. The van der Waals surface area contributed by atoms with Crippen molar-refractivity contribution in [1.29, 1.82) is 0 Å². The van der Waals surface area contributed by atoms with E-state index in [2.05, 4.69) is 17.1 Å². The molecule has 0 N–H and O–H groups in total. The van der Waals surface area contributed by atoms with E-state index in [9.17, 15) is 9.59 Å². The van der Waals surface area contributed by atoms with E-state index in [0.717, 1.165) is 50.3 Å². The van der Waals surface area contributed by atoms with Gasteiger partial charge in [-0.15, -0.1) is 0 Å². The number of likely N-dealkylation sites (N-methyl/N-ethyl adjacent to an activating group) is 1. The Kier molecular flexibility index (Phi) is 4.96. The van der Waals surface area contributed by atoms with E-state index < -0.39 is 0 Å². The zero-order valence-corrected chi connectivity index (χ0v) is 16.7. The van der Waals surface area contributed by atoms with Gasteiger partial charge in [0.05, 0.1) is 5.92 Å². The Hall–Kier alpha value is -2.63. The lowest BCUT2D eigenvalue weighted by atomic mass is 9.67. The molecule has 1 aromatic carbocycles. The fraction of sp³-hybridized carbons (Fsp3) is 0.500. The molecule has 3 heterocycles. The number of piperidine rings is 2. The molecule has 2 fully saturated rings. The van der Waals surface area contributed by atoms with Gasteiger partial charge in [-0.25, -0.2) is 4.98 Å². The predicted molar refractivity (Wildman–Crippen MR) is 107 cm³/mol. The predicted octanol–water partition coefficient (Wildman–Crippen LogP) is 2.45. The number of hydrogen-bond acceptors (Lipinski definition) is 3. The molecule has 4 rings (SSSR count). The van der Waals surface area contributed by atoms with Gasteiger partial charge in [0.25, 0.3) is 0 Å². The van der Waals surface area contributed by atoms with Crippen molar-refractivity contribution in [1.82, 2.24) is 19.4 Å². The van der Waals surface area contributed by atoms with Gasteiger partial charge in [-0.3, -0.25) is 9.59 Å². The van der Waals surface area contributed by atoms with Crippen LogP contribution < -0.4 is 0 Å². The Balaban J connectivity index is 1.43. The number of amides is 2. The number of aromatic nitrogens is 2. The Morgan fingerprint density at radius 2 is 1.93 bits per heavy atom. The summed E-state index contributed by atoms with van der Waals surface area (Å²) in [5, 5.41) is 0. The van der Waals surface area contributed by atoms with Crippen LogP contribution in [0.25, 0.3) is 0 Å². The van der Waals surface area contributed by atoms with Crippen molar-refractivity contribution in [3.05, 3.63) is 54.1 Å². The third-order valence-corrected chi connectivity index (χ3v) is 6.49. The van der Waals surface area contributed by atoms with Crippen LogP contribution in [0.2, 0.25) is 0 Å². The highest BCUT2D eigenvalue weighted by Crippen LogP contribution is 2.45. The van der Waals surface area contributed by atoms with Crippen molar-refractivity contribution < 1.29 is 9.59 Å². The molecular weight excluding hydrogens is 352 g/mol. The SMILES string of the molecule is Cc1nccn1CC(=O)N1CCC2(CC1)CC(c1ccccc1)C(=O)N(C)C2. The first-order valence-electron chi connectivity index (χ1n) is 10.0. The lowest BCUT2D eigenvalue weighted by molar-refractivity contribution is -0.143. The van der Waals surface area contributed by atoms with Gasteiger partial charge in [0, 0.05) is 39.1 Å². The fourth-order valence-corrected chi connectivity index (χ4v) is 4.79. The van der Waals surface area contributed by atoms with Crippen molar-refractivity contribution in [3.63, 3.8) is 0 Å². The van der Waals surface area contributed by atoms with Crippen LogP contribution in [0.5, 0.6) is 0 Å². The maximum Gasteiger partial charge on any atom is 0.242 e. The average Bonchev–Trinajstić information content (AvgIpc) is 3.10. The summed E-state index contributed by atoms with van der Waals surface area (Å²) in [6, 6.07) is 10.1. The van der Waals surface area contributed by atoms with Crippen LogP contribution >= 0.6 is 0 Å². The summed E-state index contributed by atoms with van der Waals surface area (Å²) in [7, 11) is 1.92. The highest BCUT2D eigenvalue weighted by Gasteiger charge is 2.45. The van der Waals surface area contributed by atoms with Crippen LogP contribution in [0, 0.1) is 12.3 Å². The third kappa shape index (κ3) is 3.55. The van der Waals surface area contributed by atoms with Crippen LogP contribution in [-0.2, 0) is 16.1 Å². The molecule has 1 unspecified atom stereocenters. The smallest absolute Gasteiger partial charge is 0.242 e. The summed E-state index contributed by atoms with van der Waals surface area (Å²) >= 11 is 0. The third-order valence-electron chi connectivity index (χ3n) is 6.49. The number of imidazole rings is 1. The minimum Gasteiger partial charge on any atom is -0.345 e. The van der Waals surface area contributed by atoms with Gasteiger partial charge in [0.15, 0.2) is 0 Å². The number of rotatable bonds is 3. The summed E-state index contributed by atoms with van der Waals surface area (Å²) in [4.78, 5) is 33.5. The number of hydrogen-bond donors (Lipinski definition) is 0. The standard InChI is InChI=1S/C22H28N4O2/c1-17-23-10-13-26(17)15-20(27)25-11-8-22(9-12-25)14-19(21(28)24(2)16-22)18-6-4-3-5-7-18/h3-7,10,13,19H,8-9,11-12,14-16H2,1-2H3. The van der Waals surface area contributed by atoms with Crippen molar-refractivity contribution >= 4 is 11.8 Å². The molecule has 28 heavy (non-hydrogen) atoms. The van der Waals surface area contributed by atoms with Crippen LogP contribution in [0.1, 0.15) is 36.6 Å². The summed E-state index contributed by atoms with van der Waals surface area (Å²) in [6.45, 7) is 4.57. The Morgan fingerprint density at radius 3 is 2.57 bits per heavy atom. The molecule has 6 nitrogen and oxygen atoms in total. The number of benzene rings is 1. The molecule has 2 amide bonds. The largest absolute Gasteiger partial charge is 0.345 e. The van der Waals surface area contributed by atoms with Gasteiger partial charge in [-0.2, -0.15) is 0 Å². The minimum absolute atomic E-state index is 0.0733. The van der Waals surface area contributed by atoms with Gasteiger partial charge in [-0.1, -0.05) is 30.3 Å². The zero-order valence-electron chi connectivity index (χ0n) is 16.7. The van der Waals surface area contributed by atoms with Gasteiger partial charge in [0.2, 0.25) is 11.8 Å². The van der Waals surface area contributed by atoms with E-state index in [1.807, 2.05) is 52.7 Å². The maximum absolute atomic E-state index is 12.8. The van der Waals surface area contributed by atoms with Crippen LogP contribution in [0.3, 0.4) is 0 Å². The van der Waals surface area contributed by atoms with E-state index in [-0.39, 0.29) is 23.1 Å². The second kappa shape index (κ2) is 7.41. The van der Waals surface area contributed by atoms with Crippen LogP contribution in [0.4, 0.5) is 0 Å². The first-order chi connectivity index (χ1) is 13.5. The first kappa shape index (κ1) is 18.7. The lowest BCUT2D eigenvalue weighted by Gasteiger charge is -2.49. The summed E-state index contributed by atoms with van der Waals surface area (Å²) in [6.07, 6.45) is 6.35. The Bertz CT molecular complexity index is 852. The molecule has 2 aliphatic rings. The molecule has 2 aliphatic heterocycles. The molecule has 0 aliphatic carbocycles. The van der Waals surface area contributed by atoms with E-state index >= 15 is 0 Å². The molecule has 1 aromatic heterocycles. The molecule has 0 saturated carbocycles. The van der Waals surface area contributed by atoms with Gasteiger partial charge >= 0.3 is 0 Å². The molecule has 0 bridgehead atoms. The monoisotopic (exact) mass is 380 g/mol. The average molecular weight is 380 g/mol. The molecular formula is C22H28N4O2. The highest BCUT2D eigenvalue weighted by molar-refractivity contribution is 5.84. The van der Waals surface area contributed by atoms with E-state index in [4.69, 9.17) is 0 Å². The second-order valence-corrected chi connectivity index (χ2v) is 8.34. The first-order valence-corrected chi connectivity index (χ1v) is 10.0. The van der Waals surface area contributed by atoms with E-state index in [1.54, 1.807) is 6.20 Å². The lowest BCUT2D eigenvalue weighted by Crippen LogP contribution is -2.53. The number of nitrogens with zero attached hydrogens (tertiary/aromatic N) is 4. The number of likely N-dealkylation sites (tertiary alicyclic amines) is 2. The maximum atomic E-state index is 12.8. The number of carbonyl (C=O) groups excluding carboxylic acids is 2. The molecule has 0 radical (unpaired) electrons. The summed E-state index contributed by atoms with van der Waals surface area (Å²) < 4.78 is 1.89. The number of aryl methyl sites for hydroxylation is 1. The van der Waals surface area contributed by atoms with E-state index in [0.29, 0.717) is 6.54 Å². The van der Waals surface area contributed by atoms with Crippen molar-refractivity contribution in [2.24, 2.45) is 5.41 Å². The Morgan fingerprint density at radius 1 is 1.21 bits per heavy atom. The van der Waals surface area contributed by atoms with E-state index in [1.165, 1.54) is 0 Å². The summed E-state index contributed by atoms with van der Waals surface area (Å²) in [5.41, 5.74) is 1.21. The Labute approximate surface area is 166 Å². The van der Waals surface area contributed by atoms with Crippen molar-refractivity contribution in [2.75, 3.05) is 26.7 Å². The van der Waals surface area contributed by atoms with Crippen molar-refractivity contribution in [2.45, 2.75) is 38.6 Å². The molecule has 148 valence electrons. The van der Waals surface area contributed by atoms with Gasteiger partial charge < -0.3 is 14.4 Å². The normalized spacial score (nSPS) is 21.9.